The van der Waals surface area contributed by atoms with Gasteiger partial charge in [0.05, 0.1) is 24.2 Å². The molecule has 7 nitrogen and oxygen atoms in total. The van der Waals surface area contributed by atoms with E-state index in [4.69, 9.17) is 4.74 Å². The second kappa shape index (κ2) is 11.8. The van der Waals surface area contributed by atoms with Gasteiger partial charge in [0, 0.05) is 54.8 Å². The Morgan fingerprint density at radius 1 is 1.10 bits per heavy atom. The fraction of sp³-hybridized carbons (Fsp3) is 0.364. The van der Waals surface area contributed by atoms with Crippen molar-refractivity contribution in [3.8, 4) is 11.8 Å². The van der Waals surface area contributed by atoms with Crippen molar-refractivity contribution in [3.05, 3.63) is 89.2 Å². The monoisotopic (exact) mass is 572 g/mol. The number of hydrogen-bond donors (Lipinski definition) is 1. The largest absolute Gasteiger partial charge is 0.463 e. The molecule has 0 aliphatic carbocycles. The predicted molar refractivity (Wildman–Crippen MR) is 157 cm³/mol. The zero-order valence-corrected chi connectivity index (χ0v) is 24.2. The van der Waals surface area contributed by atoms with Crippen molar-refractivity contribution < 1.29 is 23.1 Å². The number of esters is 1. The molecule has 0 spiro atoms. The molecular weight excluding hydrogens is 538 g/mol. The third kappa shape index (κ3) is 6.38. The predicted octanol–water partition coefficient (Wildman–Crippen LogP) is 6.15. The lowest BCUT2D eigenvalue weighted by molar-refractivity contribution is -0.146. The lowest BCUT2D eigenvalue weighted by Crippen LogP contribution is -2.49. The first-order chi connectivity index (χ1) is 20.0. The van der Waals surface area contributed by atoms with Crippen molar-refractivity contribution in [1.29, 1.82) is 0 Å². The Balaban J connectivity index is 1.48. The Bertz CT molecular complexity index is 1540. The number of amides is 2. The van der Waals surface area contributed by atoms with Crippen LogP contribution in [0.15, 0.2) is 60.9 Å². The van der Waals surface area contributed by atoms with Gasteiger partial charge < -0.3 is 19.9 Å². The lowest BCUT2D eigenvalue weighted by atomic mass is 9.81. The van der Waals surface area contributed by atoms with Gasteiger partial charge in [-0.15, -0.1) is 0 Å². The van der Waals surface area contributed by atoms with Crippen LogP contribution < -0.4 is 10.2 Å². The fourth-order valence-corrected chi connectivity index (χ4v) is 5.76. The van der Waals surface area contributed by atoms with Crippen LogP contribution in [-0.2, 0) is 9.53 Å². The number of pyridine rings is 1. The highest BCUT2D eigenvalue weighted by atomic mass is 19.1. The van der Waals surface area contributed by atoms with Gasteiger partial charge in [-0.3, -0.25) is 9.78 Å². The summed E-state index contributed by atoms with van der Waals surface area (Å²) in [5.41, 5.74) is 2.90. The van der Waals surface area contributed by atoms with E-state index in [0.717, 1.165) is 40.6 Å². The van der Waals surface area contributed by atoms with Gasteiger partial charge in [-0.05, 0) is 59.9 Å². The van der Waals surface area contributed by atoms with Gasteiger partial charge in [-0.1, -0.05) is 32.6 Å². The number of nitrogens with zero attached hydrogens (tertiary/aromatic N) is 3. The molecule has 2 aliphatic heterocycles. The first-order valence-corrected chi connectivity index (χ1v) is 14.0. The zero-order chi connectivity index (χ0) is 30.0. The molecule has 1 N–H and O–H groups in total. The molecule has 2 amide bonds. The standard InChI is InChI=1S/C33H34F2N4O3/c1-33(2,3)18-30(40)42-20-29-24-13-15-39(32(41)37-27-17-23(34)10-11-26(27)35)31(24)25-16-21(9-12-28(25)38(29)4)7-8-22-6-5-14-36-19-22/h5-6,9-12,14,16-17,19,24,29,31H,13,15,18,20H2,1-4H3,(H,37,41)/t24-,29?,31-/m1/s1. The Labute approximate surface area is 244 Å². The van der Waals surface area contributed by atoms with Gasteiger partial charge in [-0.25, -0.2) is 13.6 Å². The van der Waals surface area contributed by atoms with Crippen LogP contribution in [0.4, 0.5) is 25.0 Å². The summed E-state index contributed by atoms with van der Waals surface area (Å²) in [6, 6.07) is 11.4. The van der Waals surface area contributed by atoms with E-state index < -0.39 is 17.7 Å². The van der Waals surface area contributed by atoms with Crippen LogP contribution in [0.2, 0.25) is 0 Å². The van der Waals surface area contributed by atoms with Crippen LogP contribution in [0.1, 0.15) is 56.3 Å². The van der Waals surface area contributed by atoms with Crippen molar-refractivity contribution in [2.24, 2.45) is 11.3 Å². The number of hydrogen-bond acceptors (Lipinski definition) is 5. The Morgan fingerprint density at radius 2 is 1.88 bits per heavy atom. The molecule has 1 aromatic heterocycles. The van der Waals surface area contributed by atoms with E-state index in [2.05, 4.69) is 27.0 Å². The number of urea groups is 1. The molecular formula is C33H34F2N4O3. The smallest absolute Gasteiger partial charge is 0.322 e. The van der Waals surface area contributed by atoms with E-state index in [1.807, 2.05) is 58.2 Å². The van der Waals surface area contributed by atoms with Crippen LogP contribution >= 0.6 is 0 Å². The summed E-state index contributed by atoms with van der Waals surface area (Å²) in [5.74, 6) is 4.60. The summed E-state index contributed by atoms with van der Waals surface area (Å²) >= 11 is 0. The van der Waals surface area contributed by atoms with Crippen molar-refractivity contribution in [2.45, 2.75) is 45.7 Å². The Kier molecular flexibility index (Phi) is 8.17. The van der Waals surface area contributed by atoms with Crippen LogP contribution in [0.25, 0.3) is 0 Å². The van der Waals surface area contributed by atoms with E-state index in [9.17, 15) is 18.4 Å². The maximum Gasteiger partial charge on any atom is 0.322 e. The summed E-state index contributed by atoms with van der Waals surface area (Å²) in [5, 5.41) is 2.56. The highest BCUT2D eigenvalue weighted by molar-refractivity contribution is 5.90. The van der Waals surface area contributed by atoms with Crippen LogP contribution in [0, 0.1) is 34.8 Å². The Morgan fingerprint density at radius 3 is 2.62 bits per heavy atom. The molecule has 2 aliphatic rings. The summed E-state index contributed by atoms with van der Waals surface area (Å²) < 4.78 is 34.0. The average Bonchev–Trinajstić information content (AvgIpc) is 3.39. The molecule has 9 heteroatoms. The SMILES string of the molecule is CN1c2ccc(C#Cc3cccnc3)cc2[C@H]2[C@H](CCN2C(=O)Nc2cc(F)ccc2F)C1COC(=O)CC(C)(C)C. The van der Waals surface area contributed by atoms with Crippen LogP contribution in [-0.4, -0.2) is 48.1 Å². The van der Waals surface area contributed by atoms with E-state index >= 15 is 0 Å². The van der Waals surface area contributed by atoms with Gasteiger partial charge in [0.25, 0.3) is 0 Å². The lowest BCUT2D eigenvalue weighted by Gasteiger charge is -2.44. The van der Waals surface area contributed by atoms with Gasteiger partial charge in [0.2, 0.25) is 0 Å². The molecule has 0 saturated carbocycles. The number of ether oxygens (including phenoxy) is 1. The van der Waals surface area contributed by atoms with E-state index in [1.54, 1.807) is 17.3 Å². The first kappa shape index (κ1) is 29.1. The molecule has 1 unspecified atom stereocenters. The van der Waals surface area contributed by atoms with Crippen molar-refractivity contribution >= 4 is 23.4 Å². The topological polar surface area (TPSA) is 74.8 Å². The van der Waals surface area contributed by atoms with Crippen molar-refractivity contribution in [2.75, 3.05) is 30.4 Å². The molecule has 42 heavy (non-hydrogen) atoms. The normalized spacial score (nSPS) is 19.3. The number of benzene rings is 2. The first-order valence-electron chi connectivity index (χ1n) is 14.0. The van der Waals surface area contributed by atoms with E-state index in [0.29, 0.717) is 19.4 Å². The van der Waals surface area contributed by atoms with Gasteiger partial charge in [0.15, 0.2) is 0 Å². The number of nitrogens with one attached hydrogen (secondary N) is 1. The maximum absolute atomic E-state index is 14.4. The molecule has 3 atom stereocenters. The minimum absolute atomic E-state index is 0.0745. The van der Waals surface area contributed by atoms with E-state index in [-0.39, 0.29) is 41.7 Å². The minimum atomic E-state index is -0.721. The molecule has 1 fully saturated rings. The number of aromatic nitrogens is 1. The molecule has 218 valence electrons. The van der Waals surface area contributed by atoms with Crippen LogP contribution in [0.5, 0.6) is 0 Å². The van der Waals surface area contributed by atoms with Crippen LogP contribution in [0.3, 0.4) is 0 Å². The summed E-state index contributed by atoms with van der Waals surface area (Å²) in [7, 11) is 1.96. The second-order valence-electron chi connectivity index (χ2n) is 12.0. The number of carbonyl (C=O) groups excluding carboxylic acids is 2. The number of likely N-dealkylation sites (tertiary alicyclic amines) is 1. The van der Waals surface area contributed by atoms with Crippen molar-refractivity contribution in [1.82, 2.24) is 9.88 Å². The molecule has 3 heterocycles. The number of fused-ring (bicyclic) bond motifs is 3. The number of carbonyl (C=O) groups is 2. The highest BCUT2D eigenvalue weighted by Crippen LogP contribution is 2.49. The van der Waals surface area contributed by atoms with E-state index in [1.165, 1.54) is 0 Å². The average molecular weight is 573 g/mol. The van der Waals surface area contributed by atoms with Gasteiger partial charge >= 0.3 is 12.0 Å². The van der Waals surface area contributed by atoms with Gasteiger partial charge in [-0.2, -0.15) is 0 Å². The maximum atomic E-state index is 14.4. The minimum Gasteiger partial charge on any atom is -0.463 e. The fourth-order valence-electron chi connectivity index (χ4n) is 5.76. The number of anilines is 2. The number of halogens is 2. The zero-order valence-electron chi connectivity index (χ0n) is 24.2. The third-order valence-corrected chi connectivity index (χ3v) is 7.70. The molecule has 1 saturated heterocycles. The molecule has 5 rings (SSSR count). The van der Waals surface area contributed by atoms with Crippen molar-refractivity contribution in [3.63, 3.8) is 0 Å². The summed E-state index contributed by atoms with van der Waals surface area (Å²) in [4.78, 5) is 34.0. The summed E-state index contributed by atoms with van der Waals surface area (Å²) in [6.07, 6.45) is 4.31. The highest BCUT2D eigenvalue weighted by Gasteiger charge is 2.48. The molecule has 3 aromatic rings. The molecule has 0 radical (unpaired) electrons. The third-order valence-electron chi connectivity index (χ3n) is 7.70. The molecule has 0 bridgehead atoms. The number of likely N-dealkylation sites (N-methyl/N-ethyl adjacent to an activating group) is 1. The summed E-state index contributed by atoms with van der Waals surface area (Å²) in [6.45, 7) is 6.51. The Hall–Kier alpha value is -4.45. The second-order valence-corrected chi connectivity index (χ2v) is 12.0. The number of rotatable bonds is 4. The quantitative estimate of drug-likeness (QED) is 0.300. The molecule has 2 aromatic carbocycles. The van der Waals surface area contributed by atoms with Gasteiger partial charge in [0.1, 0.15) is 18.2 Å².